The molecular formula is C24H24F2N6O5. The fourth-order valence-corrected chi connectivity index (χ4v) is 3.75. The highest BCUT2D eigenvalue weighted by molar-refractivity contribution is 6.08. The number of hydrogen-bond acceptors (Lipinski definition) is 7. The average Bonchev–Trinajstić information content (AvgIpc) is 3.16. The molecule has 1 aliphatic rings. The van der Waals surface area contributed by atoms with Gasteiger partial charge in [-0.2, -0.15) is 0 Å². The number of aromatic nitrogens is 3. The van der Waals surface area contributed by atoms with Gasteiger partial charge in [0.25, 0.3) is 5.91 Å². The van der Waals surface area contributed by atoms with Crippen LogP contribution in [0.1, 0.15) is 42.4 Å². The summed E-state index contributed by atoms with van der Waals surface area (Å²) in [5.74, 6) is -2.57. The van der Waals surface area contributed by atoms with Gasteiger partial charge in [-0.3, -0.25) is 4.79 Å². The van der Waals surface area contributed by atoms with E-state index in [0.717, 1.165) is 0 Å². The van der Waals surface area contributed by atoms with E-state index in [1.165, 1.54) is 19.1 Å². The van der Waals surface area contributed by atoms with Gasteiger partial charge in [-0.15, -0.1) is 4.90 Å². The maximum Gasteiger partial charge on any atom is 0.427 e. The number of nitrogens with zero attached hydrogens (tertiary/aromatic N) is 3. The Morgan fingerprint density at radius 2 is 1.95 bits per heavy atom. The van der Waals surface area contributed by atoms with Crippen LogP contribution in [0, 0.1) is 18.6 Å². The molecule has 4 N–H and O–H groups in total. The number of imide groups is 1. The summed E-state index contributed by atoms with van der Waals surface area (Å²) >= 11 is 0. The van der Waals surface area contributed by atoms with E-state index >= 15 is 4.39 Å². The van der Waals surface area contributed by atoms with E-state index in [-0.39, 0.29) is 27.4 Å². The van der Waals surface area contributed by atoms with Crippen molar-refractivity contribution in [3.05, 3.63) is 52.9 Å². The highest BCUT2D eigenvalue weighted by atomic mass is 19.1. The third-order valence-electron chi connectivity index (χ3n) is 5.43. The molecule has 37 heavy (non-hydrogen) atoms. The summed E-state index contributed by atoms with van der Waals surface area (Å²) in [5, 5.41) is 15.3. The van der Waals surface area contributed by atoms with Gasteiger partial charge in [0.15, 0.2) is 5.82 Å². The Morgan fingerprint density at radius 1 is 1.22 bits per heavy atom. The summed E-state index contributed by atoms with van der Waals surface area (Å²) in [7, 11) is 0. The van der Waals surface area contributed by atoms with E-state index in [1.807, 2.05) is 0 Å². The van der Waals surface area contributed by atoms with E-state index < -0.39 is 47.0 Å². The molecule has 13 heteroatoms. The number of benzene rings is 1. The summed E-state index contributed by atoms with van der Waals surface area (Å²) in [4.78, 5) is 48.0. The number of hydrogen-bond donors (Lipinski definition) is 4. The molecule has 11 nitrogen and oxygen atoms in total. The normalized spacial score (nSPS) is 13.0. The van der Waals surface area contributed by atoms with Crippen LogP contribution >= 0.6 is 0 Å². The third-order valence-corrected chi connectivity index (χ3v) is 5.43. The lowest BCUT2D eigenvalue weighted by Gasteiger charge is -2.23. The Kier molecular flexibility index (Phi) is 6.55. The first-order chi connectivity index (χ1) is 17.4. The summed E-state index contributed by atoms with van der Waals surface area (Å²) in [6, 6.07) is 4.32. The third kappa shape index (κ3) is 5.06. The summed E-state index contributed by atoms with van der Waals surface area (Å²) in [5.41, 5.74) is -0.144. The van der Waals surface area contributed by atoms with Crippen molar-refractivity contribution in [2.24, 2.45) is 0 Å². The zero-order valence-corrected chi connectivity index (χ0v) is 20.4. The Labute approximate surface area is 209 Å². The molecule has 1 aromatic carbocycles. The molecule has 3 amide bonds. The molecule has 1 aliphatic heterocycles. The Balaban J connectivity index is 1.87. The second kappa shape index (κ2) is 9.48. The minimum Gasteiger partial charge on any atom is -0.464 e. The highest BCUT2D eigenvalue weighted by Gasteiger charge is 2.33. The largest absolute Gasteiger partial charge is 0.464 e. The lowest BCUT2D eigenvalue weighted by atomic mass is 10.1. The van der Waals surface area contributed by atoms with Gasteiger partial charge in [0.2, 0.25) is 5.95 Å². The number of H-pyrrole nitrogens is 1. The minimum atomic E-state index is -1.74. The molecule has 3 aromatic rings. The molecule has 0 bridgehead atoms. The second-order valence-corrected chi connectivity index (χ2v) is 9.24. The molecule has 194 valence electrons. The van der Waals surface area contributed by atoms with Crippen LogP contribution in [-0.4, -0.2) is 50.3 Å². The van der Waals surface area contributed by atoms with Crippen molar-refractivity contribution in [3.63, 3.8) is 0 Å². The van der Waals surface area contributed by atoms with Gasteiger partial charge in [-0.25, -0.2) is 28.3 Å². The number of halogens is 2. The lowest BCUT2D eigenvalue weighted by molar-refractivity contribution is 0.0579. The Morgan fingerprint density at radius 3 is 2.62 bits per heavy atom. The van der Waals surface area contributed by atoms with Gasteiger partial charge in [0.05, 0.1) is 23.1 Å². The molecule has 3 heterocycles. The number of carbonyl (C=O) groups excluding carboxylic acids is 2. The van der Waals surface area contributed by atoms with Crippen LogP contribution in [0.5, 0.6) is 0 Å². The van der Waals surface area contributed by atoms with Gasteiger partial charge >= 0.3 is 12.2 Å². The fraction of sp³-hybridized carbons (Fsp3) is 0.292. The van der Waals surface area contributed by atoms with Crippen LogP contribution in [0.25, 0.3) is 11.4 Å². The zero-order valence-electron chi connectivity index (χ0n) is 20.4. The summed E-state index contributed by atoms with van der Waals surface area (Å²) in [6.45, 7) is 6.49. The van der Waals surface area contributed by atoms with Crippen molar-refractivity contribution in [2.75, 3.05) is 16.8 Å². The quantitative estimate of drug-likeness (QED) is 0.397. The van der Waals surface area contributed by atoms with Crippen LogP contribution < -0.4 is 15.5 Å². The van der Waals surface area contributed by atoms with Crippen LogP contribution in [0.4, 0.5) is 35.7 Å². The number of rotatable bonds is 4. The highest BCUT2D eigenvalue weighted by Crippen LogP contribution is 2.38. The minimum absolute atomic E-state index is 0.0126. The lowest BCUT2D eigenvalue weighted by Crippen LogP contribution is -2.41. The van der Waals surface area contributed by atoms with Crippen molar-refractivity contribution in [1.29, 1.82) is 0 Å². The van der Waals surface area contributed by atoms with Gasteiger partial charge in [-0.05, 0) is 39.8 Å². The van der Waals surface area contributed by atoms with Gasteiger partial charge in [0, 0.05) is 29.9 Å². The summed E-state index contributed by atoms with van der Waals surface area (Å²) < 4.78 is 34.4. The van der Waals surface area contributed by atoms with Crippen molar-refractivity contribution in [1.82, 2.24) is 20.3 Å². The van der Waals surface area contributed by atoms with Crippen molar-refractivity contribution in [2.45, 2.75) is 39.7 Å². The van der Waals surface area contributed by atoms with Crippen molar-refractivity contribution >= 4 is 35.4 Å². The Bertz CT molecular complexity index is 1420. The number of carboxylic acid groups (broad SMARTS) is 1. The zero-order chi connectivity index (χ0) is 27.1. The van der Waals surface area contributed by atoms with Crippen LogP contribution in [-0.2, 0) is 11.2 Å². The molecule has 0 radical (unpaired) electrons. The number of aromatic amines is 1. The average molecular weight is 514 g/mol. The Hall–Kier alpha value is -4.55. The summed E-state index contributed by atoms with van der Waals surface area (Å²) in [6.07, 6.45) is -1.94. The first-order valence-corrected chi connectivity index (χ1v) is 11.2. The van der Waals surface area contributed by atoms with Crippen molar-refractivity contribution < 1.29 is 33.0 Å². The van der Waals surface area contributed by atoms with Crippen LogP contribution in [0.15, 0.2) is 24.4 Å². The molecule has 2 aromatic heterocycles. The first-order valence-electron chi connectivity index (χ1n) is 11.2. The van der Waals surface area contributed by atoms with E-state index in [0.29, 0.717) is 30.5 Å². The topological polar surface area (TPSA) is 150 Å². The molecule has 0 unspecified atom stereocenters. The molecular weight excluding hydrogens is 490 g/mol. The number of carbonyl (C=O) groups is 3. The predicted octanol–water partition coefficient (Wildman–Crippen LogP) is 4.51. The van der Waals surface area contributed by atoms with Gasteiger partial charge < -0.3 is 25.5 Å². The first kappa shape index (κ1) is 25.5. The number of fused-ring (bicyclic) bond motifs is 1. The molecule has 0 spiro atoms. The fourth-order valence-electron chi connectivity index (χ4n) is 3.75. The van der Waals surface area contributed by atoms with Crippen LogP contribution in [0.3, 0.4) is 0 Å². The second-order valence-electron chi connectivity index (χ2n) is 9.24. The monoisotopic (exact) mass is 514 g/mol. The molecule has 4 rings (SSSR count). The van der Waals surface area contributed by atoms with E-state index in [1.54, 1.807) is 26.8 Å². The smallest absolute Gasteiger partial charge is 0.427 e. The van der Waals surface area contributed by atoms with Gasteiger partial charge in [0.1, 0.15) is 17.1 Å². The number of anilines is 3. The standard InChI is InChI=1S/C24H24F2N6O5/c1-11-12(25)6-5-7-14(11)29-18-16-15(8-9-27-20(16)33)30-19(18)17-13(26)10-28-21(31-17)32(22(34)35)23(36)37-24(2,3)4/h5-7,10,29-30H,8-9H2,1-4H3,(H,27,33)(H,34,35). The number of amides is 3. The van der Waals surface area contributed by atoms with Gasteiger partial charge in [-0.1, -0.05) is 6.07 Å². The number of nitrogens with one attached hydrogen (secondary N) is 3. The van der Waals surface area contributed by atoms with Crippen molar-refractivity contribution in [3.8, 4) is 11.4 Å². The maximum absolute atomic E-state index is 15.1. The molecule has 0 saturated heterocycles. The molecule has 0 aliphatic carbocycles. The molecule has 0 saturated carbocycles. The van der Waals surface area contributed by atoms with Crippen LogP contribution in [0.2, 0.25) is 0 Å². The SMILES string of the molecule is Cc1c(F)cccc1Nc1c(-c2nc(N(C(=O)O)C(=O)OC(C)(C)C)ncc2F)[nH]c2c1C(=O)NCC2. The van der Waals surface area contributed by atoms with E-state index in [9.17, 15) is 23.9 Å². The molecule has 0 atom stereocenters. The maximum atomic E-state index is 15.1. The molecule has 0 fully saturated rings. The number of ether oxygens (including phenoxy) is 1. The van der Waals surface area contributed by atoms with E-state index in [2.05, 4.69) is 25.6 Å². The van der Waals surface area contributed by atoms with E-state index in [4.69, 9.17) is 4.74 Å². The predicted molar refractivity (Wildman–Crippen MR) is 129 cm³/mol.